The van der Waals surface area contributed by atoms with Crippen molar-refractivity contribution < 1.29 is 22.7 Å². The van der Waals surface area contributed by atoms with Crippen LogP contribution in [0.4, 0.5) is 19.1 Å². The molecule has 0 saturated carbocycles. The fraction of sp³-hybridized carbons (Fsp3) is 0.273. The van der Waals surface area contributed by atoms with Crippen molar-refractivity contribution >= 4 is 11.9 Å². The zero-order valence-electron chi connectivity index (χ0n) is 17.7. The van der Waals surface area contributed by atoms with Crippen LogP contribution < -0.4 is 15.8 Å². The van der Waals surface area contributed by atoms with Gasteiger partial charge >= 0.3 is 0 Å². The summed E-state index contributed by atoms with van der Waals surface area (Å²) in [4.78, 5) is 24.3. The van der Waals surface area contributed by atoms with Gasteiger partial charge in [-0.3, -0.25) is 9.78 Å². The molecule has 0 aliphatic heterocycles. The highest BCUT2D eigenvalue weighted by Gasteiger charge is 2.22. The second kappa shape index (κ2) is 9.63. The number of nitrogens with two attached hydrogens (primary N) is 1. The molecule has 0 spiro atoms. The Kier molecular flexibility index (Phi) is 6.92. The molecule has 0 bridgehead atoms. The SMILES string of the molecule is Cc1cc(-c2c(OCC(=O)NC(C)C)nc(N)nc2-c2ccc(F)cc2)cc(C(F)F)n1. The Labute approximate surface area is 182 Å². The van der Waals surface area contributed by atoms with Crippen LogP contribution in [-0.4, -0.2) is 33.5 Å². The molecule has 0 saturated heterocycles. The molecule has 0 aliphatic carbocycles. The van der Waals surface area contributed by atoms with E-state index in [0.29, 0.717) is 16.8 Å². The monoisotopic (exact) mass is 445 g/mol. The van der Waals surface area contributed by atoms with E-state index in [1.54, 1.807) is 26.8 Å². The first kappa shape index (κ1) is 23.0. The lowest BCUT2D eigenvalue weighted by Gasteiger charge is -2.17. The Morgan fingerprint density at radius 1 is 1.09 bits per heavy atom. The van der Waals surface area contributed by atoms with E-state index in [-0.39, 0.29) is 35.7 Å². The number of nitrogens with zero attached hydrogens (tertiary/aromatic N) is 3. The van der Waals surface area contributed by atoms with Gasteiger partial charge in [0, 0.05) is 17.3 Å². The van der Waals surface area contributed by atoms with Crippen molar-refractivity contribution in [1.29, 1.82) is 0 Å². The zero-order chi connectivity index (χ0) is 23.4. The van der Waals surface area contributed by atoms with Gasteiger partial charge in [-0.1, -0.05) is 0 Å². The largest absolute Gasteiger partial charge is 0.467 e. The number of anilines is 1. The van der Waals surface area contributed by atoms with Crippen LogP contribution in [0.25, 0.3) is 22.4 Å². The predicted octanol–water partition coefficient (Wildman–Crippen LogP) is 4.08. The molecular formula is C22H22F3N5O2. The van der Waals surface area contributed by atoms with E-state index in [9.17, 15) is 18.0 Å². The van der Waals surface area contributed by atoms with Crippen LogP contribution in [0.15, 0.2) is 36.4 Å². The topological polar surface area (TPSA) is 103 Å². The highest BCUT2D eigenvalue weighted by Crippen LogP contribution is 2.39. The first-order chi connectivity index (χ1) is 15.1. The van der Waals surface area contributed by atoms with Gasteiger partial charge in [-0.25, -0.2) is 18.2 Å². The van der Waals surface area contributed by atoms with Crippen LogP contribution in [0.5, 0.6) is 5.88 Å². The number of carbonyl (C=O) groups excluding carboxylic acids is 1. The number of aryl methyl sites for hydroxylation is 1. The minimum absolute atomic E-state index is 0.0680. The van der Waals surface area contributed by atoms with E-state index in [4.69, 9.17) is 10.5 Å². The van der Waals surface area contributed by atoms with E-state index in [2.05, 4.69) is 20.3 Å². The molecule has 3 rings (SSSR count). The summed E-state index contributed by atoms with van der Waals surface area (Å²) in [5, 5.41) is 2.68. The van der Waals surface area contributed by atoms with Gasteiger partial charge in [-0.05, 0) is 62.7 Å². The molecule has 0 aliphatic rings. The summed E-state index contributed by atoms with van der Waals surface area (Å²) in [6.45, 7) is 4.78. The van der Waals surface area contributed by atoms with Gasteiger partial charge in [-0.2, -0.15) is 4.98 Å². The maximum absolute atomic E-state index is 13.5. The summed E-state index contributed by atoms with van der Waals surface area (Å²) < 4.78 is 45.9. The van der Waals surface area contributed by atoms with Crippen LogP contribution in [0.1, 0.15) is 31.7 Å². The number of nitrogens with one attached hydrogen (secondary N) is 1. The van der Waals surface area contributed by atoms with Gasteiger partial charge in [0.05, 0.1) is 11.3 Å². The molecule has 0 radical (unpaired) electrons. The molecule has 0 unspecified atom stereocenters. The summed E-state index contributed by atoms with van der Waals surface area (Å²) in [7, 11) is 0. The number of benzene rings is 1. The number of nitrogen functional groups attached to an aromatic ring is 1. The molecule has 2 heterocycles. The van der Waals surface area contributed by atoms with Gasteiger partial charge in [0.25, 0.3) is 12.3 Å². The molecule has 3 aromatic rings. The fourth-order valence-corrected chi connectivity index (χ4v) is 3.09. The normalized spacial score (nSPS) is 11.1. The third kappa shape index (κ3) is 5.51. The molecular weight excluding hydrogens is 423 g/mol. The summed E-state index contributed by atoms with van der Waals surface area (Å²) >= 11 is 0. The minimum atomic E-state index is -2.81. The van der Waals surface area contributed by atoms with Crippen LogP contribution >= 0.6 is 0 Å². The molecule has 1 amide bonds. The van der Waals surface area contributed by atoms with E-state index in [0.717, 1.165) is 0 Å². The molecule has 7 nitrogen and oxygen atoms in total. The Morgan fingerprint density at radius 3 is 2.41 bits per heavy atom. The number of alkyl halides is 2. The lowest BCUT2D eigenvalue weighted by molar-refractivity contribution is -0.123. The molecule has 32 heavy (non-hydrogen) atoms. The highest BCUT2D eigenvalue weighted by molar-refractivity contribution is 5.85. The van der Waals surface area contributed by atoms with Crippen molar-refractivity contribution in [3.63, 3.8) is 0 Å². The number of carbonyl (C=O) groups is 1. The second-order valence-electron chi connectivity index (χ2n) is 7.35. The maximum Gasteiger partial charge on any atom is 0.280 e. The van der Waals surface area contributed by atoms with E-state index < -0.39 is 23.8 Å². The van der Waals surface area contributed by atoms with Crippen molar-refractivity contribution in [2.75, 3.05) is 12.3 Å². The van der Waals surface area contributed by atoms with E-state index in [1.165, 1.54) is 30.3 Å². The van der Waals surface area contributed by atoms with Crippen molar-refractivity contribution in [3.05, 3.63) is 53.6 Å². The summed E-state index contributed by atoms with van der Waals surface area (Å²) in [6, 6.07) is 8.06. The number of hydrogen-bond acceptors (Lipinski definition) is 6. The highest BCUT2D eigenvalue weighted by atomic mass is 19.3. The maximum atomic E-state index is 13.5. The summed E-state index contributed by atoms with van der Waals surface area (Å²) in [5.74, 6) is -1.08. The predicted molar refractivity (Wildman–Crippen MR) is 114 cm³/mol. The molecule has 2 aromatic heterocycles. The smallest absolute Gasteiger partial charge is 0.280 e. The van der Waals surface area contributed by atoms with E-state index in [1.807, 2.05) is 0 Å². The number of ether oxygens (including phenoxy) is 1. The van der Waals surface area contributed by atoms with Crippen molar-refractivity contribution in [2.45, 2.75) is 33.2 Å². The van der Waals surface area contributed by atoms with Crippen molar-refractivity contribution in [3.8, 4) is 28.3 Å². The average Bonchev–Trinajstić information content (AvgIpc) is 2.71. The van der Waals surface area contributed by atoms with Gasteiger partial charge in [0.1, 0.15) is 11.5 Å². The summed E-state index contributed by atoms with van der Waals surface area (Å²) in [5.41, 5.74) is 6.98. The average molecular weight is 445 g/mol. The summed E-state index contributed by atoms with van der Waals surface area (Å²) in [6.07, 6.45) is -2.81. The van der Waals surface area contributed by atoms with Gasteiger partial charge in [0.15, 0.2) is 6.61 Å². The third-order valence-electron chi connectivity index (χ3n) is 4.29. The van der Waals surface area contributed by atoms with E-state index >= 15 is 0 Å². The number of amides is 1. The third-order valence-corrected chi connectivity index (χ3v) is 4.29. The molecule has 10 heteroatoms. The first-order valence-corrected chi connectivity index (χ1v) is 9.76. The fourth-order valence-electron chi connectivity index (χ4n) is 3.09. The van der Waals surface area contributed by atoms with Crippen molar-refractivity contribution in [2.24, 2.45) is 0 Å². The number of hydrogen-bond donors (Lipinski definition) is 2. The molecule has 0 atom stereocenters. The van der Waals surface area contributed by atoms with Crippen LogP contribution in [0.3, 0.4) is 0 Å². The number of rotatable bonds is 7. The van der Waals surface area contributed by atoms with Crippen LogP contribution in [-0.2, 0) is 4.79 Å². The quantitative estimate of drug-likeness (QED) is 0.568. The lowest BCUT2D eigenvalue weighted by Crippen LogP contribution is -2.34. The standard InChI is InChI=1S/C22H22F3N5O2/c1-11(2)27-17(31)10-32-21-18(14-8-12(3)28-16(9-14)20(24)25)19(29-22(26)30-21)13-4-6-15(23)7-5-13/h4-9,11,20H,10H2,1-3H3,(H,27,31)(H2,26,29,30). The number of halogens is 3. The second-order valence-corrected chi connectivity index (χ2v) is 7.35. The molecule has 1 aromatic carbocycles. The molecule has 168 valence electrons. The Balaban J connectivity index is 2.19. The minimum Gasteiger partial charge on any atom is -0.467 e. The van der Waals surface area contributed by atoms with Crippen LogP contribution in [0.2, 0.25) is 0 Å². The number of aromatic nitrogens is 3. The first-order valence-electron chi connectivity index (χ1n) is 9.76. The number of pyridine rings is 1. The van der Waals surface area contributed by atoms with Gasteiger partial charge in [-0.15, -0.1) is 0 Å². The Hall–Kier alpha value is -3.69. The Bertz CT molecular complexity index is 1120. The van der Waals surface area contributed by atoms with Crippen LogP contribution in [0, 0.1) is 12.7 Å². The molecule has 3 N–H and O–H groups in total. The van der Waals surface area contributed by atoms with Gasteiger partial charge < -0.3 is 15.8 Å². The zero-order valence-corrected chi connectivity index (χ0v) is 17.7. The Morgan fingerprint density at radius 2 is 1.78 bits per heavy atom. The van der Waals surface area contributed by atoms with Gasteiger partial charge in [0.2, 0.25) is 11.8 Å². The van der Waals surface area contributed by atoms with Crippen molar-refractivity contribution in [1.82, 2.24) is 20.3 Å². The lowest BCUT2D eigenvalue weighted by atomic mass is 9.99. The molecule has 0 fully saturated rings.